The minimum Gasteiger partial charge on any atom is -0.460 e. The van der Waals surface area contributed by atoms with Crippen molar-refractivity contribution >= 4 is 0 Å². The minimum atomic E-state index is 0.349. The Morgan fingerprint density at radius 1 is 1.22 bits per heavy atom. The molecule has 1 aliphatic heterocycles. The molecule has 3 nitrogen and oxygen atoms in total. The van der Waals surface area contributed by atoms with Crippen LogP contribution in [0, 0.1) is 6.92 Å². The maximum atomic E-state index is 5.64. The van der Waals surface area contributed by atoms with Crippen LogP contribution in [-0.2, 0) is 6.54 Å². The molecule has 0 spiro atoms. The normalized spacial score (nSPS) is 23.2. The van der Waals surface area contributed by atoms with Gasteiger partial charge in [-0.25, -0.2) is 0 Å². The van der Waals surface area contributed by atoms with E-state index in [1.807, 2.05) is 13.0 Å². The summed E-state index contributed by atoms with van der Waals surface area (Å²) < 4.78 is 5.64. The first-order valence-electron chi connectivity index (χ1n) is 7.02. The Hall–Kier alpha value is -0.800. The Morgan fingerprint density at radius 3 is 2.33 bits per heavy atom. The molecule has 0 aromatic carbocycles. The van der Waals surface area contributed by atoms with Gasteiger partial charge in [0.25, 0.3) is 0 Å². The van der Waals surface area contributed by atoms with Crippen molar-refractivity contribution in [2.75, 3.05) is 0 Å². The molecule has 0 bridgehead atoms. The van der Waals surface area contributed by atoms with E-state index >= 15 is 0 Å². The summed E-state index contributed by atoms with van der Waals surface area (Å²) in [4.78, 5) is 0. The van der Waals surface area contributed by atoms with Gasteiger partial charge in [0, 0.05) is 0 Å². The maximum Gasteiger partial charge on any atom is 0.158 e. The predicted molar refractivity (Wildman–Crippen MR) is 72.2 cm³/mol. The highest BCUT2D eigenvalue weighted by Crippen LogP contribution is 2.19. The summed E-state index contributed by atoms with van der Waals surface area (Å²) in [6.45, 7) is 12.4. The van der Waals surface area contributed by atoms with Gasteiger partial charge < -0.3 is 15.1 Å². The summed E-state index contributed by atoms with van der Waals surface area (Å²) in [5.41, 5.74) is 0.698. The molecule has 102 valence electrons. The molecule has 1 aromatic heterocycles. The first-order chi connectivity index (χ1) is 8.26. The van der Waals surface area contributed by atoms with E-state index < -0.39 is 0 Å². The van der Waals surface area contributed by atoms with Crippen molar-refractivity contribution in [3.63, 3.8) is 0 Å². The van der Waals surface area contributed by atoms with Crippen molar-refractivity contribution in [1.82, 2.24) is 0 Å². The first kappa shape index (κ1) is 13.6. The fraction of sp³-hybridized carbons (Fsp3) is 0.733. The minimum absolute atomic E-state index is 0.349. The van der Waals surface area contributed by atoms with Gasteiger partial charge in [-0.15, -0.1) is 0 Å². The number of hydrogen-bond donors (Lipinski definition) is 2. The Kier molecular flexibility index (Phi) is 3.56. The lowest BCUT2D eigenvalue weighted by Gasteiger charge is -2.41. The molecule has 2 heterocycles. The van der Waals surface area contributed by atoms with Gasteiger partial charge in [-0.05, 0) is 46.8 Å². The molecule has 0 radical (unpaired) electrons. The van der Waals surface area contributed by atoms with Crippen molar-refractivity contribution in [1.29, 1.82) is 0 Å². The molecule has 4 N–H and O–H groups in total. The van der Waals surface area contributed by atoms with Crippen LogP contribution in [0.25, 0.3) is 0 Å². The summed E-state index contributed by atoms with van der Waals surface area (Å²) in [6, 6.07) is 4.84. The van der Waals surface area contributed by atoms with Crippen LogP contribution in [0.5, 0.6) is 0 Å². The highest BCUT2D eigenvalue weighted by molar-refractivity contribution is 5.04. The third kappa shape index (κ3) is 3.59. The Balaban J connectivity index is 1.93. The van der Waals surface area contributed by atoms with E-state index in [9.17, 15) is 0 Å². The van der Waals surface area contributed by atoms with E-state index in [0.717, 1.165) is 18.1 Å². The van der Waals surface area contributed by atoms with Crippen LogP contribution in [0.3, 0.4) is 0 Å². The summed E-state index contributed by atoms with van der Waals surface area (Å²) in [7, 11) is 0. The molecule has 0 unspecified atom stereocenters. The van der Waals surface area contributed by atoms with Crippen LogP contribution in [0.15, 0.2) is 16.5 Å². The fourth-order valence-corrected chi connectivity index (χ4v) is 3.64. The second-order valence-electron chi connectivity index (χ2n) is 7.24. The molecule has 0 amide bonds. The molecule has 1 fully saturated rings. The van der Waals surface area contributed by atoms with Gasteiger partial charge >= 0.3 is 0 Å². The topological polar surface area (TPSA) is 46.4 Å². The van der Waals surface area contributed by atoms with Crippen LogP contribution >= 0.6 is 0 Å². The third-order valence-corrected chi connectivity index (χ3v) is 3.81. The van der Waals surface area contributed by atoms with Gasteiger partial charge in [-0.3, -0.25) is 0 Å². The highest BCUT2D eigenvalue weighted by Gasteiger charge is 2.43. The average molecular weight is 252 g/mol. The summed E-state index contributed by atoms with van der Waals surface area (Å²) in [6.07, 6.45) is 2.52. The van der Waals surface area contributed by atoms with Crippen molar-refractivity contribution < 1.29 is 15.1 Å². The lowest BCUT2D eigenvalue weighted by Crippen LogP contribution is -3.09. The van der Waals surface area contributed by atoms with Gasteiger partial charge in [0.05, 0.1) is 30.0 Å². The van der Waals surface area contributed by atoms with Crippen molar-refractivity contribution in [3.05, 3.63) is 23.7 Å². The molecule has 1 aliphatic rings. The van der Waals surface area contributed by atoms with Crippen molar-refractivity contribution in [2.24, 2.45) is 0 Å². The third-order valence-electron chi connectivity index (χ3n) is 3.81. The maximum absolute atomic E-state index is 5.64. The zero-order valence-corrected chi connectivity index (χ0v) is 12.4. The second-order valence-corrected chi connectivity index (χ2v) is 7.24. The SMILES string of the molecule is Cc1ccc(C[NH2+]C2CC(C)(C)[NH2+]C(C)(C)C2)o1. The first-order valence-corrected chi connectivity index (χ1v) is 7.02. The monoisotopic (exact) mass is 252 g/mol. The molecule has 3 heteroatoms. The Labute approximate surface area is 110 Å². The smallest absolute Gasteiger partial charge is 0.158 e. The van der Waals surface area contributed by atoms with Crippen LogP contribution in [0.2, 0.25) is 0 Å². The molecule has 0 saturated carbocycles. The van der Waals surface area contributed by atoms with E-state index in [0.29, 0.717) is 17.1 Å². The lowest BCUT2D eigenvalue weighted by atomic mass is 9.79. The molecule has 1 saturated heterocycles. The second kappa shape index (κ2) is 4.71. The van der Waals surface area contributed by atoms with Gasteiger partial charge in [0.2, 0.25) is 0 Å². The zero-order chi connectivity index (χ0) is 13.4. The molecule has 18 heavy (non-hydrogen) atoms. The van der Waals surface area contributed by atoms with E-state index in [-0.39, 0.29) is 0 Å². The number of quaternary nitrogens is 2. The van der Waals surface area contributed by atoms with Crippen LogP contribution in [0.1, 0.15) is 52.1 Å². The number of nitrogens with two attached hydrogens (primary N) is 2. The lowest BCUT2D eigenvalue weighted by molar-refractivity contribution is -0.817. The largest absolute Gasteiger partial charge is 0.460 e. The molecule has 0 aliphatic carbocycles. The number of rotatable bonds is 3. The molecular formula is C15H28N2O+2. The number of hydrogen-bond acceptors (Lipinski definition) is 1. The van der Waals surface area contributed by atoms with Crippen molar-refractivity contribution in [2.45, 2.75) is 71.1 Å². The Morgan fingerprint density at radius 2 is 1.83 bits per heavy atom. The molecular weight excluding hydrogens is 224 g/mol. The van der Waals surface area contributed by atoms with Gasteiger partial charge in [0.15, 0.2) is 5.76 Å². The van der Waals surface area contributed by atoms with Crippen LogP contribution in [0.4, 0.5) is 0 Å². The summed E-state index contributed by atoms with van der Waals surface area (Å²) in [5, 5.41) is 4.98. The van der Waals surface area contributed by atoms with E-state index in [2.05, 4.69) is 44.4 Å². The average Bonchev–Trinajstić information content (AvgIpc) is 2.56. The van der Waals surface area contributed by atoms with Gasteiger partial charge in [-0.2, -0.15) is 0 Å². The van der Waals surface area contributed by atoms with E-state index in [1.54, 1.807) is 0 Å². The fourth-order valence-electron chi connectivity index (χ4n) is 3.64. The summed E-state index contributed by atoms with van der Waals surface area (Å²) in [5.74, 6) is 2.11. The van der Waals surface area contributed by atoms with Crippen LogP contribution in [-0.4, -0.2) is 17.1 Å². The van der Waals surface area contributed by atoms with Crippen LogP contribution < -0.4 is 10.6 Å². The predicted octanol–water partition coefficient (Wildman–Crippen LogP) is 0.934. The quantitative estimate of drug-likeness (QED) is 0.826. The summed E-state index contributed by atoms with van der Waals surface area (Å²) >= 11 is 0. The number of piperidine rings is 1. The molecule has 0 atom stereocenters. The van der Waals surface area contributed by atoms with E-state index in [4.69, 9.17) is 4.42 Å². The highest BCUT2D eigenvalue weighted by atomic mass is 16.3. The van der Waals surface area contributed by atoms with Crippen molar-refractivity contribution in [3.8, 4) is 0 Å². The zero-order valence-electron chi connectivity index (χ0n) is 12.4. The van der Waals surface area contributed by atoms with E-state index in [1.165, 1.54) is 12.8 Å². The standard InChI is InChI=1S/C15H26N2O/c1-11-6-7-13(18-11)10-16-12-8-14(2,3)17-15(4,5)9-12/h6-7,12,16-17H,8-10H2,1-5H3/p+2. The number of furan rings is 1. The number of aryl methyl sites for hydroxylation is 1. The van der Waals surface area contributed by atoms with Gasteiger partial charge in [0.1, 0.15) is 12.3 Å². The molecule has 2 rings (SSSR count). The Bertz CT molecular complexity index is 390. The van der Waals surface area contributed by atoms with Gasteiger partial charge in [-0.1, -0.05) is 0 Å². The molecule has 1 aromatic rings.